The van der Waals surface area contributed by atoms with Crippen LogP contribution < -0.4 is 5.46 Å². The van der Waals surface area contributed by atoms with Crippen molar-refractivity contribution in [2.45, 2.75) is 77.4 Å². The van der Waals surface area contributed by atoms with Gasteiger partial charge in [0.15, 0.2) is 0 Å². The Labute approximate surface area is 600 Å². The molecule has 2 aromatic heterocycles. The van der Waals surface area contributed by atoms with E-state index in [0.717, 1.165) is 43.6 Å². The second-order valence-corrected chi connectivity index (χ2v) is 28.7. The highest BCUT2D eigenvalue weighted by molar-refractivity contribution is 9.10. The van der Waals surface area contributed by atoms with E-state index >= 15 is 0 Å². The summed E-state index contributed by atoms with van der Waals surface area (Å²) in [4.78, 5) is 9.53. The molecule has 0 spiro atoms. The average Bonchev–Trinajstić information content (AvgIpc) is 1.61. The van der Waals surface area contributed by atoms with Crippen LogP contribution in [0.1, 0.15) is 77.6 Å². The first-order chi connectivity index (χ1) is 48.4. The fraction of sp³-hybridized carbons (Fsp3) is 0.128. The van der Waals surface area contributed by atoms with Crippen molar-refractivity contribution < 1.29 is 9.31 Å². The molecule has 12 aromatic carbocycles. The molecule has 4 nitrogen and oxygen atoms in total. The van der Waals surface area contributed by atoms with Crippen molar-refractivity contribution in [3.8, 4) is 100 Å². The quantitative estimate of drug-likeness (QED) is 0.102. The molecule has 3 heterocycles. The summed E-state index contributed by atoms with van der Waals surface area (Å²) >= 11 is 3.57. The fourth-order valence-corrected chi connectivity index (χ4v) is 13.3. The van der Waals surface area contributed by atoms with Gasteiger partial charge in [-0.25, -0.2) is 0 Å². The van der Waals surface area contributed by atoms with Crippen LogP contribution in [0.5, 0.6) is 0 Å². The third-order valence-electron chi connectivity index (χ3n) is 19.9. The van der Waals surface area contributed by atoms with Gasteiger partial charge in [0.2, 0.25) is 0 Å². The molecule has 1 aliphatic rings. The summed E-state index contributed by atoms with van der Waals surface area (Å²) in [6.07, 6.45) is 3.91. The molecule has 0 N–H and O–H groups in total. The molecule has 0 aliphatic carbocycles. The lowest BCUT2D eigenvalue weighted by Gasteiger charge is -2.32. The van der Waals surface area contributed by atoms with Crippen molar-refractivity contribution in [2.75, 3.05) is 0 Å². The zero-order valence-corrected chi connectivity index (χ0v) is 59.7. The molecule has 1 aliphatic heterocycles. The lowest BCUT2D eigenvalue weighted by atomic mass is 9.74. The Balaban J connectivity index is 0.000000142. The molecule has 0 atom stereocenters. The van der Waals surface area contributed by atoms with Gasteiger partial charge in [-0.2, -0.15) is 0 Å². The molecule has 6 heteroatoms. The fourth-order valence-electron chi connectivity index (χ4n) is 12.9. The molecule has 1 saturated heterocycles. The van der Waals surface area contributed by atoms with E-state index in [1.807, 2.05) is 30.6 Å². The smallest absolute Gasteiger partial charge is 0.399 e. The SMILES string of the molecule is Brc1cccc(-c2cccc(-c3cccc(-c4ccc(-c5ccccc5)cn4)c3)c2)c1.CC(C)(c1ccccc1)c1ccc(-c2cccc(-c3cccc(-c4cccc(-c5ccc(-c6ccccc6)cn5)c4)c3)c2)cc1.CC(C)(c1ccccc1)c1ccc(B2OC(C)(C)C(C)(C)O2)cc1. The molecule has 100 heavy (non-hydrogen) atoms. The summed E-state index contributed by atoms with van der Waals surface area (Å²) in [6.45, 7) is 17.4. The van der Waals surface area contributed by atoms with Crippen molar-refractivity contribution in [1.29, 1.82) is 0 Å². The number of pyridine rings is 2. The monoisotopic (exact) mass is 1360 g/mol. The van der Waals surface area contributed by atoms with Gasteiger partial charge in [0.1, 0.15) is 0 Å². The van der Waals surface area contributed by atoms with E-state index in [-0.39, 0.29) is 29.2 Å². The summed E-state index contributed by atoms with van der Waals surface area (Å²) in [7, 11) is -0.302. The van der Waals surface area contributed by atoms with Crippen LogP contribution in [-0.4, -0.2) is 28.3 Å². The number of nitrogens with zero attached hydrogens (tertiary/aromatic N) is 2. The second-order valence-electron chi connectivity index (χ2n) is 27.8. The Kier molecular flexibility index (Phi) is 20.3. The molecule has 0 unspecified atom stereocenters. The standard InChI is InChI=1S/C44H35N.C29H20BrN.C21H27BO2/c1-44(2,41-20-7-4-8-21-41)42-25-22-33(23-26-42)34-14-9-15-35(28-34)36-16-10-17-37(29-36)38-18-11-19-39(30-38)43-27-24-40(31-45-43)32-12-5-3-6-13-32;30-28-14-6-12-25(19-28)23-10-4-9-22(17-23)24-11-5-13-26(18-24)29-16-15-27(20-31-29)21-7-2-1-3-8-21;1-19(2,16-10-8-7-9-11-16)17-12-14-18(15-13-17)22-23-20(3,4)21(5,6)24-22/h3-31H,1-2H3;1-20H;7-15H,1-6H3. The van der Waals surface area contributed by atoms with Crippen LogP contribution in [0.4, 0.5) is 0 Å². The first-order valence-electron chi connectivity index (χ1n) is 34.4. The summed E-state index contributed by atoms with van der Waals surface area (Å²) in [5, 5.41) is 0. The zero-order valence-electron chi connectivity index (χ0n) is 58.2. The summed E-state index contributed by atoms with van der Waals surface area (Å²) in [5.74, 6) is 0. The molecular formula is C94H82BBrN2O2. The van der Waals surface area contributed by atoms with E-state index in [1.165, 1.54) is 89.0 Å². The topological polar surface area (TPSA) is 44.2 Å². The number of benzene rings is 12. The third kappa shape index (κ3) is 15.6. The number of rotatable bonds is 14. The molecule has 0 radical (unpaired) electrons. The molecule has 0 bridgehead atoms. The van der Waals surface area contributed by atoms with Gasteiger partial charge in [0.25, 0.3) is 0 Å². The lowest BCUT2D eigenvalue weighted by molar-refractivity contribution is 0.00578. The van der Waals surface area contributed by atoms with Crippen molar-refractivity contribution in [1.82, 2.24) is 9.97 Å². The van der Waals surface area contributed by atoms with E-state index < -0.39 is 0 Å². The van der Waals surface area contributed by atoms with E-state index in [9.17, 15) is 0 Å². The van der Waals surface area contributed by atoms with Gasteiger partial charge >= 0.3 is 7.12 Å². The van der Waals surface area contributed by atoms with Crippen molar-refractivity contribution >= 4 is 28.5 Å². The van der Waals surface area contributed by atoms with Crippen molar-refractivity contribution in [3.63, 3.8) is 0 Å². The van der Waals surface area contributed by atoms with Crippen LogP contribution in [-0.2, 0) is 20.1 Å². The van der Waals surface area contributed by atoms with Crippen LogP contribution in [0.15, 0.2) is 357 Å². The van der Waals surface area contributed by atoms with E-state index in [4.69, 9.17) is 19.3 Å². The molecule has 0 saturated carbocycles. The predicted molar refractivity (Wildman–Crippen MR) is 424 cm³/mol. The van der Waals surface area contributed by atoms with Gasteiger partial charge < -0.3 is 9.31 Å². The van der Waals surface area contributed by atoms with Crippen LogP contribution in [0.2, 0.25) is 0 Å². The second kappa shape index (κ2) is 29.9. The normalized spacial score (nSPS) is 13.1. The Hall–Kier alpha value is -10.6. The summed E-state index contributed by atoms with van der Waals surface area (Å²) < 4.78 is 13.4. The number of halogens is 1. The van der Waals surface area contributed by atoms with Crippen molar-refractivity contribution in [2.24, 2.45) is 0 Å². The average molecular weight is 1360 g/mol. The molecule has 14 aromatic rings. The molecule has 490 valence electrons. The predicted octanol–water partition coefficient (Wildman–Crippen LogP) is 24.6. The van der Waals surface area contributed by atoms with Gasteiger partial charge in [-0.15, -0.1) is 0 Å². The number of aromatic nitrogens is 2. The highest BCUT2D eigenvalue weighted by atomic mass is 79.9. The highest BCUT2D eigenvalue weighted by Gasteiger charge is 2.51. The maximum absolute atomic E-state index is 6.14. The molecular weight excluding hydrogens is 1280 g/mol. The van der Waals surface area contributed by atoms with Gasteiger partial charge in [0.05, 0.1) is 22.6 Å². The Morgan fingerprint density at radius 1 is 0.260 bits per heavy atom. The molecule has 1 fully saturated rings. The Morgan fingerprint density at radius 3 is 0.860 bits per heavy atom. The number of hydrogen-bond donors (Lipinski definition) is 0. The van der Waals surface area contributed by atoms with Crippen LogP contribution in [0, 0.1) is 0 Å². The van der Waals surface area contributed by atoms with Crippen LogP contribution in [0.3, 0.4) is 0 Å². The zero-order chi connectivity index (χ0) is 69.3. The first kappa shape index (κ1) is 68.0. The van der Waals surface area contributed by atoms with Gasteiger partial charge in [0, 0.05) is 50.0 Å². The van der Waals surface area contributed by atoms with Crippen LogP contribution in [0.25, 0.3) is 100 Å². The molecule has 0 amide bonds. The third-order valence-corrected chi connectivity index (χ3v) is 20.4. The minimum absolute atomic E-state index is 0.0320. The first-order valence-corrected chi connectivity index (χ1v) is 35.2. The molecule has 15 rings (SSSR count). The van der Waals surface area contributed by atoms with Gasteiger partial charge in [-0.05, 0) is 177 Å². The summed E-state index contributed by atoms with van der Waals surface area (Å²) in [5.41, 5.74) is 26.4. The van der Waals surface area contributed by atoms with E-state index in [0.29, 0.717) is 0 Å². The highest BCUT2D eigenvalue weighted by Crippen LogP contribution is 2.40. The lowest BCUT2D eigenvalue weighted by Crippen LogP contribution is -2.41. The summed E-state index contributed by atoms with van der Waals surface area (Å²) in [6, 6.07) is 120. The Morgan fingerprint density at radius 2 is 0.520 bits per heavy atom. The number of hydrogen-bond acceptors (Lipinski definition) is 4. The maximum atomic E-state index is 6.14. The van der Waals surface area contributed by atoms with Gasteiger partial charge in [-0.1, -0.05) is 329 Å². The Bertz CT molecular complexity index is 5020. The van der Waals surface area contributed by atoms with E-state index in [1.54, 1.807) is 0 Å². The minimum Gasteiger partial charge on any atom is -0.399 e. The largest absolute Gasteiger partial charge is 0.494 e. The van der Waals surface area contributed by atoms with Gasteiger partial charge in [-0.3, -0.25) is 9.97 Å². The van der Waals surface area contributed by atoms with E-state index in [2.05, 4.69) is 393 Å². The maximum Gasteiger partial charge on any atom is 0.494 e. The van der Waals surface area contributed by atoms with Crippen molar-refractivity contribution in [3.05, 3.63) is 379 Å². The van der Waals surface area contributed by atoms with Crippen LogP contribution >= 0.6 is 15.9 Å². The minimum atomic E-state index is -0.306.